The molecule has 0 fully saturated rings. The number of fused-ring (bicyclic) bond motifs is 1. The maximum Gasteiger partial charge on any atom is 0.221 e. The number of hydrogen-bond donors (Lipinski definition) is 5. The van der Waals surface area contributed by atoms with Crippen molar-refractivity contribution < 1.29 is 18.7 Å². The zero-order valence-corrected chi connectivity index (χ0v) is 21.0. The van der Waals surface area contributed by atoms with Crippen LogP contribution in [-0.2, 0) is 9.59 Å². The molecule has 190 valence electrons. The zero-order chi connectivity index (χ0) is 26.8. The molecule has 10 nitrogen and oxygen atoms in total. The maximum atomic E-state index is 10.7. The van der Waals surface area contributed by atoms with Gasteiger partial charge in [-0.2, -0.15) is 0 Å². The lowest BCUT2D eigenvalue weighted by atomic mass is 10.2. The number of benzene rings is 3. The van der Waals surface area contributed by atoms with Crippen LogP contribution in [-0.4, -0.2) is 23.9 Å². The van der Waals surface area contributed by atoms with Crippen molar-refractivity contribution in [3.8, 4) is 5.75 Å². The SMILES string of the molecule is CC(=O)Nc1ccc(N)cc1C.COc1cc(NC(C)=O)ccc1N.Cc1nc2ccc(N)cc2o1. The van der Waals surface area contributed by atoms with E-state index >= 15 is 0 Å². The van der Waals surface area contributed by atoms with Crippen LogP contribution in [0.15, 0.2) is 59.0 Å². The van der Waals surface area contributed by atoms with Gasteiger partial charge in [0.2, 0.25) is 11.8 Å². The molecule has 0 spiro atoms. The Kier molecular flexibility index (Phi) is 9.67. The summed E-state index contributed by atoms with van der Waals surface area (Å²) >= 11 is 0. The van der Waals surface area contributed by atoms with E-state index in [2.05, 4.69) is 15.6 Å². The summed E-state index contributed by atoms with van der Waals surface area (Å²) in [5, 5.41) is 5.34. The van der Waals surface area contributed by atoms with E-state index in [9.17, 15) is 9.59 Å². The summed E-state index contributed by atoms with van der Waals surface area (Å²) in [6.45, 7) is 6.65. The summed E-state index contributed by atoms with van der Waals surface area (Å²) in [5.41, 5.74) is 22.7. The first-order valence-corrected chi connectivity index (χ1v) is 11.0. The lowest BCUT2D eigenvalue weighted by Crippen LogP contribution is -2.07. The first-order chi connectivity index (χ1) is 17.0. The van der Waals surface area contributed by atoms with E-state index in [0.29, 0.717) is 34.4 Å². The lowest BCUT2D eigenvalue weighted by molar-refractivity contribution is -0.115. The topological polar surface area (TPSA) is 172 Å². The molecule has 8 N–H and O–H groups in total. The third-order valence-corrected chi connectivity index (χ3v) is 4.63. The summed E-state index contributed by atoms with van der Waals surface area (Å²) in [7, 11) is 1.53. The average Bonchev–Trinajstić information content (AvgIpc) is 3.16. The van der Waals surface area contributed by atoms with Gasteiger partial charge in [-0.05, 0) is 55.0 Å². The van der Waals surface area contributed by atoms with E-state index in [1.165, 1.54) is 21.0 Å². The van der Waals surface area contributed by atoms with Crippen LogP contribution in [0.1, 0.15) is 25.3 Å². The van der Waals surface area contributed by atoms with E-state index in [-0.39, 0.29) is 11.8 Å². The van der Waals surface area contributed by atoms with Crippen molar-refractivity contribution in [2.75, 3.05) is 34.9 Å². The van der Waals surface area contributed by atoms with E-state index in [0.717, 1.165) is 22.4 Å². The Balaban J connectivity index is 0.000000191. The fourth-order valence-electron chi connectivity index (χ4n) is 3.07. The number of amides is 2. The first kappa shape index (κ1) is 27.5. The number of aryl methyl sites for hydroxylation is 2. The van der Waals surface area contributed by atoms with E-state index in [1.807, 2.05) is 32.0 Å². The summed E-state index contributed by atoms with van der Waals surface area (Å²) < 4.78 is 10.2. The van der Waals surface area contributed by atoms with Gasteiger partial charge >= 0.3 is 0 Å². The Bertz CT molecular complexity index is 1350. The molecule has 1 heterocycles. The van der Waals surface area contributed by atoms with Crippen LogP contribution >= 0.6 is 0 Å². The largest absolute Gasteiger partial charge is 0.495 e. The van der Waals surface area contributed by atoms with Crippen molar-refractivity contribution in [1.29, 1.82) is 0 Å². The van der Waals surface area contributed by atoms with Crippen molar-refractivity contribution in [3.63, 3.8) is 0 Å². The number of nitrogens with zero attached hydrogens (tertiary/aromatic N) is 1. The minimum Gasteiger partial charge on any atom is -0.495 e. The summed E-state index contributed by atoms with van der Waals surface area (Å²) in [6, 6.07) is 15.9. The number of oxazole rings is 1. The number of anilines is 5. The van der Waals surface area contributed by atoms with Gasteiger partial charge in [0.1, 0.15) is 11.3 Å². The molecule has 10 heteroatoms. The number of hydrogen-bond acceptors (Lipinski definition) is 8. The second-order valence-electron chi connectivity index (χ2n) is 7.85. The van der Waals surface area contributed by atoms with Crippen molar-refractivity contribution >= 4 is 51.4 Å². The van der Waals surface area contributed by atoms with Gasteiger partial charge in [-0.3, -0.25) is 9.59 Å². The van der Waals surface area contributed by atoms with Crippen LogP contribution in [0, 0.1) is 13.8 Å². The molecule has 3 aromatic carbocycles. The number of carbonyl (C=O) groups excluding carboxylic acids is 2. The Morgan fingerprint density at radius 2 is 1.50 bits per heavy atom. The number of nitrogen functional groups attached to an aromatic ring is 3. The summed E-state index contributed by atoms with van der Waals surface area (Å²) in [6.07, 6.45) is 0. The number of carbonyl (C=O) groups is 2. The average molecular weight is 493 g/mol. The van der Waals surface area contributed by atoms with Crippen molar-refractivity contribution in [2.45, 2.75) is 27.7 Å². The van der Waals surface area contributed by atoms with Crippen LogP contribution in [0.5, 0.6) is 5.75 Å². The van der Waals surface area contributed by atoms with Gasteiger partial charge in [0.25, 0.3) is 0 Å². The molecule has 0 saturated carbocycles. The molecule has 0 unspecified atom stereocenters. The Morgan fingerprint density at radius 1 is 0.861 bits per heavy atom. The van der Waals surface area contributed by atoms with Crippen molar-refractivity contribution in [3.05, 3.63) is 66.1 Å². The quantitative estimate of drug-likeness (QED) is 0.260. The second-order valence-corrected chi connectivity index (χ2v) is 7.85. The van der Waals surface area contributed by atoms with Crippen molar-refractivity contribution in [1.82, 2.24) is 4.98 Å². The van der Waals surface area contributed by atoms with Gasteiger partial charge in [-0.25, -0.2) is 4.98 Å². The van der Waals surface area contributed by atoms with Crippen LogP contribution in [0.2, 0.25) is 0 Å². The lowest BCUT2D eigenvalue weighted by Gasteiger charge is -2.07. The van der Waals surface area contributed by atoms with Gasteiger partial charge in [0, 0.05) is 55.7 Å². The number of nitrogens with one attached hydrogen (secondary N) is 2. The second kappa shape index (κ2) is 12.7. The number of aromatic nitrogens is 1. The molecular formula is C26H32N6O4. The third kappa shape index (κ3) is 8.56. The highest BCUT2D eigenvalue weighted by atomic mass is 16.5. The Morgan fingerprint density at radius 3 is 2.11 bits per heavy atom. The fourth-order valence-corrected chi connectivity index (χ4v) is 3.07. The van der Waals surface area contributed by atoms with E-state index in [4.69, 9.17) is 26.4 Å². The maximum absolute atomic E-state index is 10.7. The number of rotatable bonds is 3. The molecule has 4 rings (SSSR count). The molecule has 2 amide bonds. The summed E-state index contributed by atoms with van der Waals surface area (Å²) in [5.74, 6) is 1.05. The number of methoxy groups -OCH3 is 1. The van der Waals surface area contributed by atoms with Gasteiger partial charge in [-0.15, -0.1) is 0 Å². The molecular weight excluding hydrogens is 460 g/mol. The molecule has 0 bridgehead atoms. The van der Waals surface area contributed by atoms with Crippen LogP contribution in [0.25, 0.3) is 11.1 Å². The van der Waals surface area contributed by atoms with Crippen LogP contribution in [0.4, 0.5) is 28.4 Å². The summed E-state index contributed by atoms with van der Waals surface area (Å²) in [4.78, 5) is 25.6. The minimum absolute atomic E-state index is 0.0668. The molecule has 4 aromatic rings. The molecule has 0 aliphatic rings. The first-order valence-electron chi connectivity index (χ1n) is 11.0. The normalized spacial score (nSPS) is 9.81. The highest BCUT2D eigenvalue weighted by Crippen LogP contribution is 2.24. The van der Waals surface area contributed by atoms with E-state index in [1.54, 1.807) is 36.4 Å². The molecule has 0 atom stereocenters. The monoisotopic (exact) mass is 492 g/mol. The van der Waals surface area contributed by atoms with Crippen LogP contribution in [0.3, 0.4) is 0 Å². The highest BCUT2D eigenvalue weighted by molar-refractivity contribution is 5.90. The molecule has 0 radical (unpaired) electrons. The van der Waals surface area contributed by atoms with Gasteiger partial charge < -0.3 is 37.0 Å². The fraction of sp³-hybridized carbons (Fsp3) is 0.192. The Hall–Kier alpha value is -4.73. The minimum atomic E-state index is -0.119. The van der Waals surface area contributed by atoms with E-state index < -0.39 is 0 Å². The predicted molar refractivity (Wildman–Crippen MR) is 145 cm³/mol. The zero-order valence-electron chi connectivity index (χ0n) is 21.0. The van der Waals surface area contributed by atoms with Gasteiger partial charge in [0.15, 0.2) is 11.5 Å². The standard InChI is InChI=1S/C9H12N2O2.C9H12N2O.C8H8N2O/c1-6(12)11-7-3-4-8(10)9(5-7)13-2;1-6-5-8(10)3-4-9(6)11-7(2)12;1-5-10-7-3-2-6(9)4-8(7)11-5/h3-5H,10H2,1-2H3,(H,11,12);3-5H,10H2,1-2H3,(H,11,12);2-4H,9H2,1H3. The van der Waals surface area contributed by atoms with Gasteiger partial charge in [-0.1, -0.05) is 0 Å². The predicted octanol–water partition coefficient (Wildman–Crippen LogP) is 4.49. The number of ether oxygens (including phenoxy) is 1. The number of nitrogens with two attached hydrogens (primary N) is 3. The smallest absolute Gasteiger partial charge is 0.221 e. The van der Waals surface area contributed by atoms with Gasteiger partial charge in [0.05, 0.1) is 12.8 Å². The molecule has 0 saturated heterocycles. The molecule has 0 aliphatic heterocycles. The molecule has 1 aromatic heterocycles. The third-order valence-electron chi connectivity index (χ3n) is 4.63. The highest BCUT2D eigenvalue weighted by Gasteiger charge is 2.02. The van der Waals surface area contributed by atoms with Crippen LogP contribution < -0.4 is 32.6 Å². The molecule has 36 heavy (non-hydrogen) atoms. The molecule has 0 aliphatic carbocycles. The Labute approximate surface area is 209 Å². The van der Waals surface area contributed by atoms with Crippen molar-refractivity contribution in [2.24, 2.45) is 0 Å².